The molecule has 1 aromatic rings. The molecule has 4 nitrogen and oxygen atoms in total. The van der Waals surface area contributed by atoms with E-state index in [0.717, 1.165) is 6.07 Å². The molecule has 0 fully saturated rings. The Balaban J connectivity index is 3.21. The van der Waals surface area contributed by atoms with E-state index in [-0.39, 0.29) is 17.0 Å². The summed E-state index contributed by atoms with van der Waals surface area (Å²) in [4.78, 5) is 11.1. The summed E-state index contributed by atoms with van der Waals surface area (Å²) in [5.74, 6) is -1.33. The SMILES string of the molecule is COC(=O)c1cc(F)c(OC)cc1N. The number of carbonyl (C=O) groups excluding carboxylic acids is 1. The molecule has 1 aromatic carbocycles. The van der Waals surface area contributed by atoms with Crippen molar-refractivity contribution in [2.45, 2.75) is 0 Å². The Hall–Kier alpha value is -1.78. The first-order valence-electron chi connectivity index (χ1n) is 3.81. The van der Waals surface area contributed by atoms with Gasteiger partial charge in [0.05, 0.1) is 25.5 Å². The smallest absolute Gasteiger partial charge is 0.340 e. The number of methoxy groups -OCH3 is 2. The number of ether oxygens (including phenoxy) is 2. The first-order valence-corrected chi connectivity index (χ1v) is 3.81. The summed E-state index contributed by atoms with van der Waals surface area (Å²) in [7, 11) is 2.51. The van der Waals surface area contributed by atoms with Crippen molar-refractivity contribution < 1.29 is 18.7 Å². The number of halogens is 1. The number of hydrogen-bond acceptors (Lipinski definition) is 4. The fourth-order valence-corrected chi connectivity index (χ4v) is 1.01. The quantitative estimate of drug-likeness (QED) is 0.574. The molecule has 0 radical (unpaired) electrons. The molecule has 0 aliphatic carbocycles. The first kappa shape index (κ1) is 10.3. The summed E-state index contributed by atoms with van der Waals surface area (Å²) in [6.45, 7) is 0. The summed E-state index contributed by atoms with van der Waals surface area (Å²) in [5.41, 5.74) is 5.61. The van der Waals surface area contributed by atoms with E-state index in [2.05, 4.69) is 9.47 Å². The maximum absolute atomic E-state index is 13.1. The molecule has 0 atom stereocenters. The van der Waals surface area contributed by atoms with Crippen molar-refractivity contribution in [3.05, 3.63) is 23.5 Å². The molecule has 0 aromatic heterocycles. The van der Waals surface area contributed by atoms with E-state index in [9.17, 15) is 9.18 Å². The Kier molecular flexibility index (Phi) is 2.91. The molecular formula is C9H10FNO3. The molecule has 14 heavy (non-hydrogen) atoms. The highest BCUT2D eigenvalue weighted by Crippen LogP contribution is 2.24. The Labute approximate surface area is 80.4 Å². The molecule has 0 aliphatic heterocycles. The van der Waals surface area contributed by atoms with Crippen LogP contribution in [0, 0.1) is 5.82 Å². The summed E-state index contributed by atoms with van der Waals surface area (Å²) in [5, 5.41) is 0. The van der Waals surface area contributed by atoms with E-state index >= 15 is 0 Å². The van der Waals surface area contributed by atoms with Gasteiger partial charge in [-0.1, -0.05) is 0 Å². The topological polar surface area (TPSA) is 61.5 Å². The third-order valence-electron chi connectivity index (χ3n) is 1.73. The van der Waals surface area contributed by atoms with Gasteiger partial charge in [-0.05, 0) is 6.07 Å². The molecule has 76 valence electrons. The van der Waals surface area contributed by atoms with Crippen LogP contribution in [0.25, 0.3) is 0 Å². The molecule has 0 aliphatic rings. The first-order chi connectivity index (χ1) is 6.60. The second-order valence-corrected chi connectivity index (χ2v) is 2.57. The maximum Gasteiger partial charge on any atom is 0.340 e. The van der Waals surface area contributed by atoms with E-state index in [1.165, 1.54) is 20.3 Å². The van der Waals surface area contributed by atoms with Gasteiger partial charge >= 0.3 is 5.97 Å². The number of benzene rings is 1. The fourth-order valence-electron chi connectivity index (χ4n) is 1.01. The fraction of sp³-hybridized carbons (Fsp3) is 0.222. The highest BCUT2D eigenvalue weighted by Gasteiger charge is 2.14. The Morgan fingerprint density at radius 2 is 2.07 bits per heavy atom. The molecule has 0 heterocycles. The van der Waals surface area contributed by atoms with Gasteiger partial charge in [0, 0.05) is 6.07 Å². The molecule has 5 heteroatoms. The second kappa shape index (κ2) is 3.95. The predicted octanol–water partition coefficient (Wildman–Crippen LogP) is 1.20. The zero-order valence-corrected chi connectivity index (χ0v) is 7.83. The van der Waals surface area contributed by atoms with Crippen LogP contribution in [0.15, 0.2) is 12.1 Å². The van der Waals surface area contributed by atoms with Gasteiger partial charge < -0.3 is 15.2 Å². The van der Waals surface area contributed by atoms with Crippen LogP contribution in [0.2, 0.25) is 0 Å². The molecule has 0 spiro atoms. The molecule has 0 saturated carbocycles. The number of hydrogen-bond donors (Lipinski definition) is 1. The van der Waals surface area contributed by atoms with Crippen LogP contribution in [-0.2, 0) is 4.74 Å². The van der Waals surface area contributed by atoms with Crippen molar-refractivity contribution in [2.24, 2.45) is 0 Å². The lowest BCUT2D eigenvalue weighted by Crippen LogP contribution is -2.06. The average Bonchev–Trinajstić information content (AvgIpc) is 2.19. The number of anilines is 1. The number of rotatable bonds is 2. The number of carbonyl (C=O) groups is 1. The van der Waals surface area contributed by atoms with E-state index in [4.69, 9.17) is 5.73 Å². The van der Waals surface area contributed by atoms with Gasteiger partial charge in [0.25, 0.3) is 0 Å². The van der Waals surface area contributed by atoms with Crippen LogP contribution < -0.4 is 10.5 Å². The Bertz CT molecular complexity index is 365. The van der Waals surface area contributed by atoms with E-state index in [1.54, 1.807) is 0 Å². The highest BCUT2D eigenvalue weighted by molar-refractivity contribution is 5.95. The summed E-state index contributed by atoms with van der Waals surface area (Å²) in [6, 6.07) is 2.22. The van der Waals surface area contributed by atoms with Crippen LogP contribution in [-0.4, -0.2) is 20.2 Å². The van der Waals surface area contributed by atoms with Crippen molar-refractivity contribution in [2.75, 3.05) is 20.0 Å². The van der Waals surface area contributed by atoms with Crippen molar-refractivity contribution in [3.8, 4) is 5.75 Å². The normalized spacial score (nSPS) is 9.64. The number of esters is 1. The number of nitrogen functional groups attached to an aromatic ring is 1. The van der Waals surface area contributed by atoms with Crippen LogP contribution in [0.4, 0.5) is 10.1 Å². The van der Waals surface area contributed by atoms with Crippen LogP contribution >= 0.6 is 0 Å². The van der Waals surface area contributed by atoms with Gasteiger partial charge in [-0.3, -0.25) is 0 Å². The monoisotopic (exact) mass is 199 g/mol. The van der Waals surface area contributed by atoms with Crippen molar-refractivity contribution >= 4 is 11.7 Å². The lowest BCUT2D eigenvalue weighted by Gasteiger charge is -2.07. The van der Waals surface area contributed by atoms with Crippen molar-refractivity contribution in [3.63, 3.8) is 0 Å². The molecule has 2 N–H and O–H groups in total. The minimum atomic E-state index is -0.677. The Morgan fingerprint density at radius 1 is 1.43 bits per heavy atom. The zero-order valence-electron chi connectivity index (χ0n) is 7.83. The van der Waals surface area contributed by atoms with Crippen molar-refractivity contribution in [1.82, 2.24) is 0 Å². The molecular weight excluding hydrogens is 189 g/mol. The molecule has 1 rings (SSSR count). The molecule has 0 unspecified atom stereocenters. The van der Waals surface area contributed by atoms with E-state index in [1.807, 2.05) is 0 Å². The van der Waals surface area contributed by atoms with Crippen molar-refractivity contribution in [1.29, 1.82) is 0 Å². The summed E-state index contributed by atoms with van der Waals surface area (Å²) >= 11 is 0. The maximum atomic E-state index is 13.1. The van der Waals surface area contributed by atoms with Gasteiger partial charge in [-0.2, -0.15) is 0 Å². The van der Waals surface area contributed by atoms with Gasteiger partial charge in [0.2, 0.25) is 0 Å². The van der Waals surface area contributed by atoms with Gasteiger partial charge in [-0.25, -0.2) is 9.18 Å². The van der Waals surface area contributed by atoms with E-state index < -0.39 is 11.8 Å². The van der Waals surface area contributed by atoms with Crippen LogP contribution in [0.1, 0.15) is 10.4 Å². The third-order valence-corrected chi connectivity index (χ3v) is 1.73. The standard InChI is InChI=1S/C9H10FNO3/c1-13-8-4-7(11)5(3-6(8)10)9(12)14-2/h3-4H,11H2,1-2H3. The molecule has 0 amide bonds. The van der Waals surface area contributed by atoms with Gasteiger partial charge in [0.15, 0.2) is 11.6 Å². The Morgan fingerprint density at radius 3 is 2.57 bits per heavy atom. The minimum absolute atomic E-state index is 0.00449. The lowest BCUT2D eigenvalue weighted by molar-refractivity contribution is 0.0601. The molecule has 0 bridgehead atoms. The molecule has 0 saturated heterocycles. The predicted molar refractivity (Wildman–Crippen MR) is 48.7 cm³/mol. The number of nitrogens with two attached hydrogens (primary N) is 1. The summed E-state index contributed by atoms with van der Waals surface area (Å²) in [6.07, 6.45) is 0. The minimum Gasteiger partial charge on any atom is -0.494 e. The highest BCUT2D eigenvalue weighted by atomic mass is 19.1. The average molecular weight is 199 g/mol. The summed E-state index contributed by atoms with van der Waals surface area (Å²) < 4.78 is 22.2. The van der Waals surface area contributed by atoms with Gasteiger partial charge in [0.1, 0.15) is 0 Å². The zero-order chi connectivity index (χ0) is 10.7. The second-order valence-electron chi connectivity index (χ2n) is 2.57. The van der Waals surface area contributed by atoms with E-state index in [0.29, 0.717) is 0 Å². The third kappa shape index (κ3) is 1.76. The van der Waals surface area contributed by atoms with Crippen LogP contribution in [0.3, 0.4) is 0 Å². The van der Waals surface area contributed by atoms with Crippen LogP contribution in [0.5, 0.6) is 5.75 Å². The largest absolute Gasteiger partial charge is 0.494 e. The lowest BCUT2D eigenvalue weighted by atomic mass is 10.1. The van der Waals surface area contributed by atoms with Gasteiger partial charge in [-0.15, -0.1) is 0 Å².